The third kappa shape index (κ3) is 6.39. The molecule has 0 aliphatic carbocycles. The van der Waals surface area contributed by atoms with Gasteiger partial charge < -0.3 is 25.2 Å². The first-order valence-corrected chi connectivity index (χ1v) is 9.82. The van der Waals surface area contributed by atoms with E-state index in [0.717, 1.165) is 9.79 Å². The van der Waals surface area contributed by atoms with E-state index < -0.39 is 0 Å². The Hall–Kier alpha value is -3.77. The van der Waals surface area contributed by atoms with Crippen LogP contribution in [0.15, 0.2) is 107 Å². The van der Waals surface area contributed by atoms with E-state index in [1.54, 1.807) is 72.4 Å². The van der Waals surface area contributed by atoms with Gasteiger partial charge in [-0.3, -0.25) is 0 Å². The zero-order valence-corrected chi connectivity index (χ0v) is 16.7. The maximum absolute atomic E-state index is 9.45. The molecule has 0 aliphatic heterocycles. The topological polar surface area (TPSA) is 90.2 Å². The zero-order valence-electron chi connectivity index (χ0n) is 15.8. The van der Waals surface area contributed by atoms with Crippen molar-refractivity contribution < 1.29 is 25.2 Å². The molecule has 4 N–H and O–H groups in total. The molecule has 6 heteroatoms. The predicted molar refractivity (Wildman–Crippen MR) is 117 cm³/mol. The highest BCUT2D eigenvalue weighted by Crippen LogP contribution is 2.31. The maximum atomic E-state index is 9.45. The average Bonchev–Trinajstić information content (AvgIpc) is 2.74. The zero-order chi connectivity index (χ0) is 21.3. The van der Waals surface area contributed by atoms with Gasteiger partial charge in [-0.05, 0) is 72.8 Å². The minimum Gasteiger partial charge on any atom is -0.508 e. The molecule has 0 saturated carbocycles. The quantitative estimate of drug-likeness (QED) is 0.317. The van der Waals surface area contributed by atoms with Crippen LogP contribution in [0.3, 0.4) is 0 Å². The number of aromatic hydroxyl groups is 4. The van der Waals surface area contributed by atoms with Crippen LogP contribution in [0.25, 0.3) is 0 Å². The van der Waals surface area contributed by atoms with Crippen LogP contribution < -0.4 is 4.74 Å². The fourth-order valence-corrected chi connectivity index (χ4v) is 3.20. The molecule has 0 amide bonds. The molecule has 0 fully saturated rings. The fourth-order valence-electron chi connectivity index (χ4n) is 2.38. The highest BCUT2D eigenvalue weighted by atomic mass is 32.2. The Kier molecular flexibility index (Phi) is 7.08. The van der Waals surface area contributed by atoms with Gasteiger partial charge in [-0.1, -0.05) is 30.0 Å². The lowest BCUT2D eigenvalue weighted by Gasteiger charge is -2.06. The number of hydrogen-bond donors (Lipinski definition) is 4. The highest BCUT2D eigenvalue weighted by molar-refractivity contribution is 7.99. The van der Waals surface area contributed by atoms with Gasteiger partial charge in [-0.15, -0.1) is 0 Å². The normalized spacial score (nSPS) is 10.0. The molecule has 0 bridgehead atoms. The van der Waals surface area contributed by atoms with Crippen molar-refractivity contribution in [1.82, 2.24) is 0 Å². The third-order valence-electron chi connectivity index (χ3n) is 3.82. The van der Waals surface area contributed by atoms with Crippen molar-refractivity contribution in [2.45, 2.75) is 9.79 Å². The van der Waals surface area contributed by atoms with Gasteiger partial charge in [0.15, 0.2) is 11.5 Å². The Morgan fingerprint density at radius 2 is 1.10 bits per heavy atom. The van der Waals surface area contributed by atoms with Crippen LogP contribution in [0.5, 0.6) is 34.5 Å². The molecular weight excluding hydrogens is 400 g/mol. The van der Waals surface area contributed by atoms with Crippen LogP contribution in [0.4, 0.5) is 0 Å². The van der Waals surface area contributed by atoms with Gasteiger partial charge in [0, 0.05) is 15.9 Å². The van der Waals surface area contributed by atoms with E-state index in [4.69, 9.17) is 14.9 Å². The Morgan fingerprint density at radius 3 is 1.63 bits per heavy atom. The van der Waals surface area contributed by atoms with Crippen molar-refractivity contribution in [2.75, 3.05) is 0 Å². The lowest BCUT2D eigenvalue weighted by molar-refractivity contribution is 0.408. The first-order valence-electron chi connectivity index (χ1n) is 9.00. The smallest absolute Gasteiger partial charge is 0.169 e. The molecule has 0 aliphatic rings. The molecule has 0 heterocycles. The Labute approximate surface area is 178 Å². The van der Waals surface area contributed by atoms with E-state index in [1.807, 2.05) is 24.3 Å². The van der Waals surface area contributed by atoms with Crippen LogP contribution in [0.1, 0.15) is 0 Å². The summed E-state index contributed by atoms with van der Waals surface area (Å²) in [5.74, 6) is 1.58. The minimum absolute atomic E-state index is 0.0702. The van der Waals surface area contributed by atoms with Crippen molar-refractivity contribution in [2.24, 2.45) is 0 Å². The van der Waals surface area contributed by atoms with Crippen LogP contribution >= 0.6 is 11.8 Å². The highest BCUT2D eigenvalue weighted by Gasteiger charge is 2.02. The molecular formula is C24H20O5S. The molecule has 0 unspecified atom stereocenters. The van der Waals surface area contributed by atoms with E-state index in [-0.39, 0.29) is 23.0 Å². The maximum Gasteiger partial charge on any atom is 0.169 e. The molecule has 5 nitrogen and oxygen atoms in total. The van der Waals surface area contributed by atoms with Crippen molar-refractivity contribution in [3.05, 3.63) is 97.1 Å². The summed E-state index contributed by atoms with van der Waals surface area (Å²) in [6.45, 7) is 0. The van der Waals surface area contributed by atoms with E-state index in [0.29, 0.717) is 11.5 Å². The van der Waals surface area contributed by atoms with E-state index in [9.17, 15) is 10.2 Å². The summed E-state index contributed by atoms with van der Waals surface area (Å²) in [6.07, 6.45) is 0. The van der Waals surface area contributed by atoms with Gasteiger partial charge in [0.25, 0.3) is 0 Å². The standard InChI is InChI=1S/C12H10O3.C12H10O2S/c13-9-4-3-5-10(8-9)15-12-7-2-1-6-11(12)14;13-9-1-5-11(6-2-9)15-12-7-3-10(14)4-8-12/h2*1-8,13-14H. The van der Waals surface area contributed by atoms with E-state index in [1.165, 1.54) is 12.1 Å². The molecule has 0 saturated heterocycles. The molecule has 0 radical (unpaired) electrons. The summed E-state index contributed by atoms with van der Waals surface area (Å²) in [5, 5.41) is 36.9. The van der Waals surface area contributed by atoms with E-state index >= 15 is 0 Å². The van der Waals surface area contributed by atoms with Crippen LogP contribution in [0, 0.1) is 0 Å². The lowest BCUT2D eigenvalue weighted by Crippen LogP contribution is -1.83. The van der Waals surface area contributed by atoms with Gasteiger partial charge >= 0.3 is 0 Å². The summed E-state index contributed by atoms with van der Waals surface area (Å²) in [6, 6.07) is 27.1. The van der Waals surface area contributed by atoms with Crippen molar-refractivity contribution in [1.29, 1.82) is 0 Å². The van der Waals surface area contributed by atoms with Crippen molar-refractivity contribution in [3.63, 3.8) is 0 Å². The molecule has 0 aromatic heterocycles. The number of hydrogen-bond acceptors (Lipinski definition) is 6. The second-order valence-electron chi connectivity index (χ2n) is 6.16. The largest absolute Gasteiger partial charge is 0.508 e. The Balaban J connectivity index is 0.000000171. The van der Waals surface area contributed by atoms with Crippen molar-refractivity contribution >= 4 is 11.8 Å². The second kappa shape index (κ2) is 10.1. The minimum atomic E-state index is 0.0702. The summed E-state index contributed by atoms with van der Waals surface area (Å²) < 4.78 is 5.38. The average molecular weight is 420 g/mol. The summed E-state index contributed by atoms with van der Waals surface area (Å²) in [5.41, 5.74) is 0. The van der Waals surface area contributed by atoms with Crippen LogP contribution in [-0.4, -0.2) is 20.4 Å². The number of para-hydroxylation sites is 2. The molecule has 4 aromatic rings. The molecule has 152 valence electrons. The number of phenolic OH excluding ortho intramolecular Hbond substituents is 4. The SMILES string of the molecule is Oc1ccc(Sc2ccc(O)cc2)cc1.Oc1cccc(Oc2ccccc2O)c1. The molecule has 0 spiro atoms. The Morgan fingerprint density at radius 1 is 0.533 bits per heavy atom. The van der Waals surface area contributed by atoms with Crippen LogP contribution in [0.2, 0.25) is 0 Å². The second-order valence-corrected chi connectivity index (χ2v) is 7.30. The number of benzene rings is 4. The first kappa shape index (κ1) is 21.0. The predicted octanol–water partition coefficient (Wildman–Crippen LogP) is 6.14. The first-order chi connectivity index (χ1) is 14.5. The van der Waals surface area contributed by atoms with E-state index in [2.05, 4.69) is 0 Å². The summed E-state index contributed by atoms with van der Waals surface area (Å²) in [4.78, 5) is 2.11. The molecule has 30 heavy (non-hydrogen) atoms. The van der Waals surface area contributed by atoms with Gasteiger partial charge in [0.1, 0.15) is 23.0 Å². The fraction of sp³-hybridized carbons (Fsp3) is 0. The van der Waals surface area contributed by atoms with Gasteiger partial charge in [0.2, 0.25) is 0 Å². The monoisotopic (exact) mass is 420 g/mol. The van der Waals surface area contributed by atoms with Crippen LogP contribution in [-0.2, 0) is 0 Å². The molecule has 0 atom stereocenters. The lowest BCUT2D eigenvalue weighted by atomic mass is 10.3. The summed E-state index contributed by atoms with van der Waals surface area (Å²) in [7, 11) is 0. The number of ether oxygens (including phenoxy) is 1. The summed E-state index contributed by atoms with van der Waals surface area (Å²) >= 11 is 1.58. The van der Waals surface area contributed by atoms with Gasteiger partial charge in [0.05, 0.1) is 0 Å². The van der Waals surface area contributed by atoms with Crippen molar-refractivity contribution in [3.8, 4) is 34.5 Å². The molecule has 4 aromatic carbocycles. The number of rotatable bonds is 4. The Bertz CT molecular complexity index is 1040. The van der Waals surface area contributed by atoms with Gasteiger partial charge in [-0.2, -0.15) is 0 Å². The van der Waals surface area contributed by atoms with Gasteiger partial charge in [-0.25, -0.2) is 0 Å². The number of phenols is 4. The third-order valence-corrected chi connectivity index (χ3v) is 4.84. The molecule has 4 rings (SSSR count).